The Morgan fingerprint density at radius 3 is 2.30 bits per heavy atom. The molecule has 1 heterocycles. The van der Waals surface area contributed by atoms with E-state index in [4.69, 9.17) is 9.47 Å². The second-order valence-corrected chi connectivity index (χ2v) is 7.36. The Labute approximate surface area is 162 Å². The first kappa shape index (κ1) is 20.8. The van der Waals surface area contributed by atoms with Crippen LogP contribution in [0.25, 0.3) is 0 Å². The van der Waals surface area contributed by atoms with E-state index < -0.39 is 29.6 Å². The van der Waals surface area contributed by atoms with E-state index in [1.807, 2.05) is 30.3 Å². The van der Waals surface area contributed by atoms with Gasteiger partial charge in [0.05, 0.1) is 17.7 Å². The van der Waals surface area contributed by atoms with E-state index in [0.717, 1.165) is 4.90 Å². The predicted molar refractivity (Wildman–Crippen MR) is 103 cm³/mol. The average Bonchev–Trinajstić information content (AvgIpc) is 2.94. The Morgan fingerprint density at radius 2 is 1.67 bits per heavy atom. The first-order valence-corrected chi connectivity index (χ1v) is 9.50. The summed E-state index contributed by atoms with van der Waals surface area (Å²) in [6.45, 7) is 6.59. The van der Waals surface area contributed by atoms with Gasteiger partial charge in [0.15, 0.2) is 6.61 Å². The molecule has 0 amide bonds. The zero-order valence-corrected chi connectivity index (χ0v) is 16.6. The molecule has 0 unspecified atom stereocenters. The summed E-state index contributed by atoms with van der Waals surface area (Å²) < 4.78 is 10.2. The molecule has 0 radical (unpaired) electrons. The standard InChI is InChI=1S/C20H23NO5S/c1-5-25-20(24)18-13(3)21-12(2)17(18)16(22)11-26-19(23)14(4)27-15-9-7-6-8-10-15/h6-10,14,21H,5,11H2,1-4H3/t14-/m1/s1. The smallest absolute Gasteiger partial charge is 0.340 e. The van der Waals surface area contributed by atoms with Crippen molar-refractivity contribution in [3.63, 3.8) is 0 Å². The fourth-order valence-electron chi connectivity index (χ4n) is 2.67. The SMILES string of the molecule is CCOC(=O)c1c(C)[nH]c(C)c1C(=O)COC(=O)[C@@H](C)Sc1ccccc1. The minimum atomic E-state index is -0.568. The molecule has 7 heteroatoms. The van der Waals surface area contributed by atoms with Crippen LogP contribution in [0.3, 0.4) is 0 Å². The van der Waals surface area contributed by atoms with Gasteiger partial charge in [-0.15, -0.1) is 11.8 Å². The number of ether oxygens (including phenoxy) is 2. The van der Waals surface area contributed by atoms with E-state index in [1.54, 1.807) is 27.7 Å². The molecule has 0 saturated carbocycles. The molecule has 1 aromatic carbocycles. The number of hydrogen-bond acceptors (Lipinski definition) is 6. The summed E-state index contributed by atoms with van der Waals surface area (Å²) >= 11 is 1.35. The van der Waals surface area contributed by atoms with Crippen molar-refractivity contribution in [2.45, 2.75) is 37.8 Å². The minimum Gasteiger partial charge on any atom is -0.462 e. The number of aromatic nitrogens is 1. The highest BCUT2D eigenvalue weighted by atomic mass is 32.2. The molecule has 1 aromatic heterocycles. The van der Waals surface area contributed by atoms with Crippen molar-refractivity contribution in [3.8, 4) is 0 Å². The Kier molecular flexibility index (Phi) is 7.24. The summed E-state index contributed by atoms with van der Waals surface area (Å²) in [5.74, 6) is -1.49. The first-order chi connectivity index (χ1) is 12.8. The number of aryl methyl sites for hydroxylation is 2. The van der Waals surface area contributed by atoms with E-state index >= 15 is 0 Å². The number of Topliss-reactive ketones (excluding diaryl/α,β-unsaturated/α-hetero) is 1. The van der Waals surface area contributed by atoms with Gasteiger partial charge < -0.3 is 14.5 Å². The third-order valence-electron chi connectivity index (χ3n) is 3.87. The largest absolute Gasteiger partial charge is 0.462 e. The van der Waals surface area contributed by atoms with Gasteiger partial charge in [-0.2, -0.15) is 0 Å². The molecule has 0 saturated heterocycles. The summed E-state index contributed by atoms with van der Waals surface area (Å²) in [5.41, 5.74) is 1.50. The van der Waals surface area contributed by atoms with Crippen LogP contribution in [0.2, 0.25) is 0 Å². The van der Waals surface area contributed by atoms with Crippen LogP contribution in [-0.4, -0.2) is 41.2 Å². The first-order valence-electron chi connectivity index (χ1n) is 8.63. The Bertz CT molecular complexity index is 828. The quantitative estimate of drug-likeness (QED) is 0.421. The number of benzene rings is 1. The second-order valence-electron chi connectivity index (χ2n) is 5.95. The molecule has 0 aliphatic heterocycles. The van der Waals surface area contributed by atoms with Crippen LogP contribution in [0.5, 0.6) is 0 Å². The fraction of sp³-hybridized carbons (Fsp3) is 0.350. The Hall–Kier alpha value is -2.54. The van der Waals surface area contributed by atoms with Gasteiger partial charge in [0.2, 0.25) is 5.78 Å². The molecule has 1 atom stereocenters. The van der Waals surface area contributed by atoms with Crippen molar-refractivity contribution < 1.29 is 23.9 Å². The highest BCUT2D eigenvalue weighted by Gasteiger charge is 2.26. The number of carbonyl (C=O) groups excluding carboxylic acids is 3. The number of hydrogen-bond donors (Lipinski definition) is 1. The summed E-state index contributed by atoms with van der Waals surface area (Å²) in [5, 5.41) is -0.459. The highest BCUT2D eigenvalue weighted by molar-refractivity contribution is 8.00. The second kappa shape index (κ2) is 9.41. The number of esters is 2. The lowest BCUT2D eigenvalue weighted by molar-refractivity contribution is -0.141. The highest BCUT2D eigenvalue weighted by Crippen LogP contribution is 2.24. The van der Waals surface area contributed by atoms with Crippen molar-refractivity contribution >= 4 is 29.5 Å². The number of thioether (sulfide) groups is 1. The average molecular weight is 389 g/mol. The zero-order valence-electron chi connectivity index (χ0n) is 15.8. The van der Waals surface area contributed by atoms with Gasteiger partial charge in [0.1, 0.15) is 5.25 Å². The summed E-state index contributed by atoms with van der Waals surface area (Å²) in [4.78, 5) is 40.8. The monoisotopic (exact) mass is 389 g/mol. The van der Waals surface area contributed by atoms with Gasteiger partial charge in [0, 0.05) is 16.3 Å². The van der Waals surface area contributed by atoms with Gasteiger partial charge in [0.25, 0.3) is 0 Å². The molecule has 144 valence electrons. The van der Waals surface area contributed by atoms with Crippen LogP contribution in [-0.2, 0) is 14.3 Å². The van der Waals surface area contributed by atoms with Crippen LogP contribution in [0.1, 0.15) is 46.0 Å². The number of ketones is 1. The Balaban J connectivity index is 2.03. The number of nitrogens with one attached hydrogen (secondary N) is 1. The molecule has 2 aromatic rings. The van der Waals surface area contributed by atoms with E-state index in [-0.39, 0.29) is 17.7 Å². The number of rotatable bonds is 8. The number of carbonyl (C=O) groups is 3. The fourth-order valence-corrected chi connectivity index (χ4v) is 3.55. The van der Waals surface area contributed by atoms with Crippen LogP contribution < -0.4 is 0 Å². The molecule has 0 aliphatic rings. The van der Waals surface area contributed by atoms with Crippen molar-refractivity contribution in [3.05, 3.63) is 52.8 Å². The van der Waals surface area contributed by atoms with Crippen LogP contribution in [0.4, 0.5) is 0 Å². The van der Waals surface area contributed by atoms with Gasteiger partial charge >= 0.3 is 11.9 Å². The predicted octanol–water partition coefficient (Wildman–Crippen LogP) is 3.71. The van der Waals surface area contributed by atoms with Crippen molar-refractivity contribution in [2.24, 2.45) is 0 Å². The molecular formula is C20H23NO5S. The summed E-state index contributed by atoms with van der Waals surface area (Å²) in [7, 11) is 0. The minimum absolute atomic E-state index is 0.196. The van der Waals surface area contributed by atoms with Gasteiger partial charge in [-0.1, -0.05) is 18.2 Å². The molecule has 2 rings (SSSR count). The molecule has 6 nitrogen and oxygen atoms in total. The van der Waals surface area contributed by atoms with Crippen LogP contribution in [0, 0.1) is 13.8 Å². The lowest BCUT2D eigenvalue weighted by Crippen LogP contribution is -2.22. The van der Waals surface area contributed by atoms with E-state index in [0.29, 0.717) is 11.4 Å². The maximum atomic E-state index is 12.6. The van der Waals surface area contributed by atoms with Gasteiger partial charge in [-0.3, -0.25) is 9.59 Å². The number of H-pyrrole nitrogens is 1. The molecule has 27 heavy (non-hydrogen) atoms. The van der Waals surface area contributed by atoms with Gasteiger partial charge in [-0.05, 0) is 39.8 Å². The Morgan fingerprint density at radius 1 is 1.04 bits per heavy atom. The molecular weight excluding hydrogens is 366 g/mol. The number of aromatic amines is 1. The molecule has 0 spiro atoms. The third kappa shape index (κ3) is 5.23. The van der Waals surface area contributed by atoms with E-state index in [2.05, 4.69) is 4.98 Å². The maximum absolute atomic E-state index is 12.6. The molecule has 0 aliphatic carbocycles. The van der Waals surface area contributed by atoms with Crippen molar-refractivity contribution in [2.75, 3.05) is 13.2 Å². The van der Waals surface area contributed by atoms with Crippen molar-refractivity contribution in [1.29, 1.82) is 0 Å². The third-order valence-corrected chi connectivity index (χ3v) is 4.96. The van der Waals surface area contributed by atoms with Crippen molar-refractivity contribution in [1.82, 2.24) is 4.98 Å². The summed E-state index contributed by atoms with van der Waals surface area (Å²) in [6.07, 6.45) is 0. The van der Waals surface area contributed by atoms with E-state index in [9.17, 15) is 14.4 Å². The maximum Gasteiger partial charge on any atom is 0.340 e. The lowest BCUT2D eigenvalue weighted by atomic mass is 10.1. The normalized spacial score (nSPS) is 11.7. The zero-order chi connectivity index (χ0) is 20.0. The van der Waals surface area contributed by atoms with Crippen LogP contribution >= 0.6 is 11.8 Å². The molecule has 0 fully saturated rings. The molecule has 1 N–H and O–H groups in total. The van der Waals surface area contributed by atoms with Crippen LogP contribution in [0.15, 0.2) is 35.2 Å². The summed E-state index contributed by atoms with van der Waals surface area (Å²) in [6, 6.07) is 9.47. The lowest BCUT2D eigenvalue weighted by Gasteiger charge is -2.11. The topological polar surface area (TPSA) is 85.5 Å². The van der Waals surface area contributed by atoms with Gasteiger partial charge in [-0.25, -0.2) is 4.79 Å². The van der Waals surface area contributed by atoms with E-state index in [1.165, 1.54) is 11.8 Å². The molecule has 0 bridgehead atoms.